The first-order chi connectivity index (χ1) is 9.95. The van der Waals surface area contributed by atoms with Crippen LogP contribution in [0, 0.1) is 0 Å². The van der Waals surface area contributed by atoms with E-state index in [2.05, 4.69) is 5.32 Å². The summed E-state index contributed by atoms with van der Waals surface area (Å²) in [6, 6.07) is 11.3. The van der Waals surface area contributed by atoms with E-state index >= 15 is 0 Å². The molecule has 0 saturated carbocycles. The molecule has 6 heteroatoms. The summed E-state index contributed by atoms with van der Waals surface area (Å²) in [6.45, 7) is 0. The molecule has 2 aromatic carbocycles. The molecule has 2 rings (SSSR count). The third kappa shape index (κ3) is 3.97. The van der Waals surface area contributed by atoms with E-state index in [1.807, 2.05) is 0 Å². The zero-order valence-electron chi connectivity index (χ0n) is 11.0. The molecule has 0 fully saturated rings. The highest BCUT2D eigenvalue weighted by atomic mass is 35.5. The number of benzene rings is 2. The van der Waals surface area contributed by atoms with Crippen LogP contribution in [-0.2, 0) is 11.2 Å². The molecule has 0 unspecified atom stereocenters. The number of amides is 1. The summed E-state index contributed by atoms with van der Waals surface area (Å²) in [5.74, 6) is -1.41. The lowest BCUT2D eigenvalue weighted by Gasteiger charge is -2.07. The summed E-state index contributed by atoms with van der Waals surface area (Å²) in [5.41, 5.74) is 7.33. The molecule has 108 valence electrons. The SMILES string of the molecule is Nc1cccc(CC(=O)Nc2ccc(Cl)c(C(=O)O)c2)c1. The number of anilines is 2. The fraction of sp³-hybridized carbons (Fsp3) is 0.0667. The average Bonchev–Trinajstić information content (AvgIpc) is 2.40. The van der Waals surface area contributed by atoms with Crippen LogP contribution in [0.15, 0.2) is 42.5 Å². The van der Waals surface area contributed by atoms with Crippen LogP contribution in [0.3, 0.4) is 0 Å². The van der Waals surface area contributed by atoms with Gasteiger partial charge in [0, 0.05) is 11.4 Å². The van der Waals surface area contributed by atoms with Gasteiger partial charge in [0.05, 0.1) is 17.0 Å². The molecule has 1 amide bonds. The minimum absolute atomic E-state index is 0.0570. The molecule has 0 aromatic heterocycles. The lowest BCUT2D eigenvalue weighted by molar-refractivity contribution is -0.115. The molecule has 0 saturated heterocycles. The van der Waals surface area contributed by atoms with Crippen LogP contribution in [0.4, 0.5) is 11.4 Å². The molecule has 4 N–H and O–H groups in total. The number of carboxylic acid groups (broad SMARTS) is 1. The molecule has 0 aliphatic carbocycles. The van der Waals surface area contributed by atoms with Crippen molar-refractivity contribution in [1.29, 1.82) is 0 Å². The van der Waals surface area contributed by atoms with Gasteiger partial charge in [0.1, 0.15) is 0 Å². The van der Waals surface area contributed by atoms with Gasteiger partial charge >= 0.3 is 5.97 Å². The van der Waals surface area contributed by atoms with Gasteiger partial charge in [0.25, 0.3) is 0 Å². The summed E-state index contributed by atoms with van der Waals surface area (Å²) in [4.78, 5) is 22.9. The number of nitrogens with one attached hydrogen (secondary N) is 1. The Morgan fingerprint density at radius 3 is 2.62 bits per heavy atom. The first-order valence-corrected chi connectivity index (χ1v) is 6.50. The molecule has 0 atom stereocenters. The Labute approximate surface area is 126 Å². The Morgan fingerprint density at radius 1 is 1.19 bits per heavy atom. The molecule has 0 aliphatic rings. The molecule has 5 nitrogen and oxygen atoms in total. The molecule has 21 heavy (non-hydrogen) atoms. The third-order valence-electron chi connectivity index (χ3n) is 2.80. The van der Waals surface area contributed by atoms with Crippen molar-refractivity contribution in [2.24, 2.45) is 0 Å². The molecule has 0 aliphatic heterocycles. The topological polar surface area (TPSA) is 92.4 Å². The average molecular weight is 305 g/mol. The van der Waals surface area contributed by atoms with E-state index in [9.17, 15) is 9.59 Å². The Hall–Kier alpha value is -2.53. The smallest absolute Gasteiger partial charge is 0.337 e. The highest BCUT2D eigenvalue weighted by molar-refractivity contribution is 6.33. The van der Waals surface area contributed by atoms with Crippen LogP contribution < -0.4 is 11.1 Å². The van der Waals surface area contributed by atoms with E-state index in [1.165, 1.54) is 12.1 Å². The van der Waals surface area contributed by atoms with Crippen LogP contribution in [0.5, 0.6) is 0 Å². The standard InChI is InChI=1S/C15H13ClN2O3/c16-13-5-4-11(8-12(13)15(20)21)18-14(19)7-9-2-1-3-10(17)6-9/h1-6,8H,7,17H2,(H,18,19)(H,20,21). The normalized spacial score (nSPS) is 10.1. The summed E-state index contributed by atoms with van der Waals surface area (Å²) in [7, 11) is 0. The summed E-state index contributed by atoms with van der Waals surface area (Å²) in [5, 5.41) is 11.7. The maximum atomic E-state index is 11.9. The van der Waals surface area contributed by atoms with Crippen molar-refractivity contribution in [2.45, 2.75) is 6.42 Å². The Kier molecular flexibility index (Phi) is 4.45. The number of carboxylic acids is 1. The van der Waals surface area contributed by atoms with Gasteiger partial charge in [-0.3, -0.25) is 4.79 Å². The molecule has 0 heterocycles. The van der Waals surface area contributed by atoms with Gasteiger partial charge < -0.3 is 16.2 Å². The molecule has 0 spiro atoms. The minimum Gasteiger partial charge on any atom is -0.478 e. The summed E-state index contributed by atoms with van der Waals surface area (Å²) in [6.07, 6.45) is 0.149. The number of hydrogen-bond acceptors (Lipinski definition) is 3. The molecular weight excluding hydrogens is 292 g/mol. The molecule has 0 bridgehead atoms. The number of nitrogens with two attached hydrogens (primary N) is 1. The Morgan fingerprint density at radius 2 is 1.95 bits per heavy atom. The van der Waals surface area contributed by atoms with Gasteiger partial charge in [-0.1, -0.05) is 23.7 Å². The van der Waals surface area contributed by atoms with Crippen LogP contribution in [0.1, 0.15) is 15.9 Å². The third-order valence-corrected chi connectivity index (χ3v) is 3.13. The predicted molar refractivity (Wildman–Crippen MR) is 81.6 cm³/mol. The van der Waals surface area contributed by atoms with E-state index in [4.69, 9.17) is 22.4 Å². The van der Waals surface area contributed by atoms with Crippen molar-refractivity contribution in [3.63, 3.8) is 0 Å². The number of hydrogen-bond donors (Lipinski definition) is 3. The van der Waals surface area contributed by atoms with E-state index in [-0.39, 0.29) is 22.9 Å². The van der Waals surface area contributed by atoms with Crippen molar-refractivity contribution in [2.75, 3.05) is 11.1 Å². The van der Waals surface area contributed by atoms with Gasteiger partial charge in [-0.25, -0.2) is 4.79 Å². The van der Waals surface area contributed by atoms with E-state index < -0.39 is 5.97 Å². The van der Waals surface area contributed by atoms with Crippen molar-refractivity contribution >= 4 is 34.9 Å². The number of nitrogen functional groups attached to an aromatic ring is 1. The zero-order valence-corrected chi connectivity index (χ0v) is 11.7. The molecule has 0 radical (unpaired) electrons. The lowest BCUT2D eigenvalue weighted by atomic mass is 10.1. The fourth-order valence-corrected chi connectivity index (χ4v) is 2.06. The second-order valence-corrected chi connectivity index (χ2v) is 4.88. The largest absolute Gasteiger partial charge is 0.478 e. The summed E-state index contributed by atoms with van der Waals surface area (Å²) >= 11 is 5.77. The van der Waals surface area contributed by atoms with Crippen molar-refractivity contribution < 1.29 is 14.7 Å². The van der Waals surface area contributed by atoms with Crippen molar-refractivity contribution in [3.8, 4) is 0 Å². The van der Waals surface area contributed by atoms with E-state index in [0.717, 1.165) is 5.56 Å². The molecule has 2 aromatic rings. The predicted octanol–water partition coefficient (Wildman–Crippen LogP) is 2.80. The quantitative estimate of drug-likeness (QED) is 0.757. The number of halogens is 1. The van der Waals surface area contributed by atoms with Crippen LogP contribution >= 0.6 is 11.6 Å². The lowest BCUT2D eigenvalue weighted by Crippen LogP contribution is -2.15. The minimum atomic E-state index is -1.15. The Balaban J connectivity index is 2.09. The first-order valence-electron chi connectivity index (χ1n) is 6.13. The van der Waals surface area contributed by atoms with Crippen molar-refractivity contribution in [1.82, 2.24) is 0 Å². The monoisotopic (exact) mass is 304 g/mol. The van der Waals surface area contributed by atoms with E-state index in [0.29, 0.717) is 11.4 Å². The molecular formula is C15H13ClN2O3. The number of rotatable bonds is 4. The van der Waals surface area contributed by atoms with Gasteiger partial charge in [0.15, 0.2) is 0 Å². The number of carbonyl (C=O) groups excluding carboxylic acids is 1. The summed E-state index contributed by atoms with van der Waals surface area (Å²) < 4.78 is 0. The van der Waals surface area contributed by atoms with Crippen LogP contribution in [-0.4, -0.2) is 17.0 Å². The Bertz CT molecular complexity index is 701. The van der Waals surface area contributed by atoms with Gasteiger partial charge in [-0.05, 0) is 35.9 Å². The van der Waals surface area contributed by atoms with Crippen LogP contribution in [0.25, 0.3) is 0 Å². The maximum Gasteiger partial charge on any atom is 0.337 e. The maximum absolute atomic E-state index is 11.9. The first kappa shape index (κ1) is 14.9. The number of carbonyl (C=O) groups is 2. The highest BCUT2D eigenvalue weighted by Crippen LogP contribution is 2.20. The zero-order chi connectivity index (χ0) is 15.4. The highest BCUT2D eigenvalue weighted by Gasteiger charge is 2.11. The van der Waals surface area contributed by atoms with Gasteiger partial charge in [-0.2, -0.15) is 0 Å². The number of aromatic carboxylic acids is 1. The van der Waals surface area contributed by atoms with Crippen LogP contribution in [0.2, 0.25) is 5.02 Å². The fourth-order valence-electron chi connectivity index (χ4n) is 1.86. The van der Waals surface area contributed by atoms with Crippen molar-refractivity contribution in [3.05, 3.63) is 58.6 Å². The van der Waals surface area contributed by atoms with Gasteiger partial charge in [0.2, 0.25) is 5.91 Å². The second kappa shape index (κ2) is 6.28. The van der Waals surface area contributed by atoms with E-state index in [1.54, 1.807) is 30.3 Å². The van der Waals surface area contributed by atoms with Gasteiger partial charge in [-0.15, -0.1) is 0 Å². The second-order valence-electron chi connectivity index (χ2n) is 4.47.